The lowest BCUT2D eigenvalue weighted by molar-refractivity contribution is -0.153. The standard InChI is InChI=1S/C26H26N4O5/c1-30-21(23(31)27-15-26(24(32)33)11-6-12-26)13-22(29-30)28-25(34)35-14-20-18-9-4-2-7-16(18)17-8-3-5-10-19(17)20/h2-5,7-10,13,20H,6,11-12,14-15H2,1H3,(H,27,31)(H,32,33)(H,28,29,34). The van der Waals surface area contributed by atoms with Gasteiger partial charge in [0.2, 0.25) is 0 Å². The first-order valence-electron chi connectivity index (χ1n) is 11.6. The zero-order valence-corrected chi connectivity index (χ0v) is 19.3. The van der Waals surface area contributed by atoms with E-state index in [0.717, 1.165) is 28.7 Å². The molecule has 0 saturated heterocycles. The van der Waals surface area contributed by atoms with Crippen molar-refractivity contribution < 1.29 is 24.2 Å². The molecular weight excluding hydrogens is 448 g/mol. The number of carboxylic acids is 1. The number of amides is 2. The Labute approximate surface area is 202 Å². The Morgan fingerprint density at radius 2 is 1.71 bits per heavy atom. The highest BCUT2D eigenvalue weighted by molar-refractivity contribution is 5.95. The molecule has 2 aliphatic rings. The fourth-order valence-electron chi connectivity index (χ4n) is 4.89. The number of aryl methyl sites for hydroxylation is 1. The Bertz CT molecular complexity index is 1270. The van der Waals surface area contributed by atoms with Gasteiger partial charge in [-0.05, 0) is 35.1 Å². The molecule has 0 unspecified atom stereocenters. The summed E-state index contributed by atoms with van der Waals surface area (Å²) in [4.78, 5) is 36.6. The van der Waals surface area contributed by atoms with E-state index in [-0.39, 0.29) is 30.6 Å². The number of anilines is 1. The van der Waals surface area contributed by atoms with Crippen LogP contribution in [-0.4, -0.2) is 46.0 Å². The largest absolute Gasteiger partial charge is 0.481 e. The predicted molar refractivity (Wildman–Crippen MR) is 128 cm³/mol. The van der Waals surface area contributed by atoms with Gasteiger partial charge in [0.15, 0.2) is 5.82 Å². The van der Waals surface area contributed by atoms with Gasteiger partial charge in [0, 0.05) is 25.6 Å². The van der Waals surface area contributed by atoms with Crippen LogP contribution in [0.5, 0.6) is 0 Å². The second-order valence-electron chi connectivity index (χ2n) is 9.11. The van der Waals surface area contributed by atoms with Crippen LogP contribution in [0.25, 0.3) is 11.1 Å². The minimum absolute atomic E-state index is 0.0570. The van der Waals surface area contributed by atoms with Gasteiger partial charge in [0.1, 0.15) is 12.3 Å². The highest BCUT2D eigenvalue weighted by Crippen LogP contribution is 2.44. The van der Waals surface area contributed by atoms with E-state index in [1.807, 2.05) is 36.4 Å². The van der Waals surface area contributed by atoms with Gasteiger partial charge in [-0.1, -0.05) is 55.0 Å². The third-order valence-electron chi connectivity index (χ3n) is 7.04. The molecule has 2 aromatic carbocycles. The minimum Gasteiger partial charge on any atom is -0.481 e. The van der Waals surface area contributed by atoms with E-state index < -0.39 is 23.4 Å². The molecule has 180 valence electrons. The number of hydrogen-bond donors (Lipinski definition) is 3. The van der Waals surface area contributed by atoms with E-state index in [1.165, 1.54) is 10.7 Å². The number of carbonyl (C=O) groups excluding carboxylic acids is 2. The molecule has 0 atom stereocenters. The summed E-state index contributed by atoms with van der Waals surface area (Å²) in [6.45, 7) is 0.221. The molecule has 9 nitrogen and oxygen atoms in total. The number of benzene rings is 2. The Morgan fingerprint density at radius 1 is 1.09 bits per heavy atom. The molecule has 0 bridgehead atoms. The van der Waals surface area contributed by atoms with Crippen molar-refractivity contribution in [3.8, 4) is 11.1 Å². The van der Waals surface area contributed by atoms with Crippen LogP contribution < -0.4 is 10.6 Å². The molecule has 0 aliphatic heterocycles. The highest BCUT2D eigenvalue weighted by Gasteiger charge is 2.44. The van der Waals surface area contributed by atoms with Crippen LogP contribution in [0.2, 0.25) is 0 Å². The van der Waals surface area contributed by atoms with E-state index >= 15 is 0 Å². The summed E-state index contributed by atoms with van der Waals surface area (Å²) < 4.78 is 6.86. The van der Waals surface area contributed by atoms with Gasteiger partial charge in [0.25, 0.3) is 5.91 Å². The predicted octanol–water partition coefficient (Wildman–Crippen LogP) is 3.77. The lowest BCUT2D eigenvalue weighted by Crippen LogP contribution is -2.47. The van der Waals surface area contributed by atoms with Crippen molar-refractivity contribution in [2.75, 3.05) is 18.5 Å². The average molecular weight is 475 g/mol. The molecule has 3 N–H and O–H groups in total. The highest BCUT2D eigenvalue weighted by atomic mass is 16.5. The summed E-state index contributed by atoms with van der Waals surface area (Å²) in [6, 6.07) is 17.6. The average Bonchev–Trinajstić information content (AvgIpc) is 3.34. The normalized spacial score (nSPS) is 15.5. The molecule has 0 radical (unpaired) electrons. The lowest BCUT2D eigenvalue weighted by Gasteiger charge is -2.37. The Balaban J connectivity index is 1.20. The first-order chi connectivity index (χ1) is 16.9. The molecule has 2 amide bonds. The van der Waals surface area contributed by atoms with Gasteiger partial charge in [-0.2, -0.15) is 5.10 Å². The molecule has 1 fully saturated rings. The molecule has 3 aromatic rings. The van der Waals surface area contributed by atoms with Crippen LogP contribution in [0, 0.1) is 5.41 Å². The summed E-state index contributed by atoms with van der Waals surface area (Å²) in [5, 5.41) is 18.9. The van der Waals surface area contributed by atoms with Crippen LogP contribution in [0.15, 0.2) is 54.6 Å². The number of aliphatic carboxylic acids is 1. The molecule has 1 aromatic heterocycles. The van der Waals surface area contributed by atoms with Crippen LogP contribution in [0.4, 0.5) is 10.6 Å². The van der Waals surface area contributed by atoms with Crippen LogP contribution in [0.1, 0.15) is 46.8 Å². The van der Waals surface area contributed by atoms with Crippen molar-refractivity contribution in [3.63, 3.8) is 0 Å². The Kier molecular flexibility index (Phi) is 5.76. The van der Waals surface area contributed by atoms with Crippen molar-refractivity contribution in [1.82, 2.24) is 15.1 Å². The number of carboxylic acid groups (broad SMARTS) is 1. The molecule has 9 heteroatoms. The first kappa shape index (κ1) is 22.6. The third-order valence-corrected chi connectivity index (χ3v) is 7.04. The van der Waals surface area contributed by atoms with Crippen molar-refractivity contribution in [3.05, 3.63) is 71.4 Å². The summed E-state index contributed by atoms with van der Waals surface area (Å²) in [6.07, 6.45) is 1.25. The van der Waals surface area contributed by atoms with Crippen molar-refractivity contribution in [2.24, 2.45) is 12.5 Å². The maximum absolute atomic E-state index is 12.6. The number of fused-ring (bicyclic) bond motifs is 3. The smallest absolute Gasteiger partial charge is 0.412 e. The Hall–Kier alpha value is -4.14. The van der Waals surface area contributed by atoms with Gasteiger partial charge < -0.3 is 15.2 Å². The Morgan fingerprint density at radius 3 is 2.29 bits per heavy atom. The minimum atomic E-state index is -0.897. The monoisotopic (exact) mass is 474 g/mol. The second-order valence-corrected chi connectivity index (χ2v) is 9.11. The van der Waals surface area contributed by atoms with Gasteiger partial charge in [0.05, 0.1) is 5.41 Å². The fraction of sp³-hybridized carbons (Fsp3) is 0.308. The number of hydrogen-bond acceptors (Lipinski definition) is 5. The van der Waals surface area contributed by atoms with E-state index in [0.29, 0.717) is 12.8 Å². The fourth-order valence-corrected chi connectivity index (χ4v) is 4.89. The van der Waals surface area contributed by atoms with E-state index in [1.54, 1.807) is 7.05 Å². The van der Waals surface area contributed by atoms with Crippen molar-refractivity contribution in [2.45, 2.75) is 25.2 Å². The van der Waals surface area contributed by atoms with Crippen LogP contribution in [0.3, 0.4) is 0 Å². The van der Waals surface area contributed by atoms with E-state index in [9.17, 15) is 19.5 Å². The maximum Gasteiger partial charge on any atom is 0.412 e. The zero-order valence-electron chi connectivity index (χ0n) is 19.3. The topological polar surface area (TPSA) is 123 Å². The van der Waals surface area contributed by atoms with Crippen molar-refractivity contribution in [1.29, 1.82) is 0 Å². The lowest BCUT2D eigenvalue weighted by atomic mass is 9.69. The molecule has 1 heterocycles. The second kappa shape index (κ2) is 8.90. The number of nitrogens with one attached hydrogen (secondary N) is 2. The summed E-state index contributed by atoms with van der Waals surface area (Å²) in [5.41, 5.74) is 3.83. The van der Waals surface area contributed by atoms with Gasteiger partial charge in [-0.25, -0.2) is 4.79 Å². The van der Waals surface area contributed by atoms with E-state index in [2.05, 4.69) is 27.9 Å². The number of ether oxygens (including phenoxy) is 1. The van der Waals surface area contributed by atoms with Crippen LogP contribution in [-0.2, 0) is 16.6 Å². The third kappa shape index (κ3) is 4.14. The van der Waals surface area contributed by atoms with Crippen LogP contribution >= 0.6 is 0 Å². The quantitative estimate of drug-likeness (QED) is 0.479. The first-order valence-corrected chi connectivity index (χ1v) is 11.6. The van der Waals surface area contributed by atoms with Gasteiger partial charge in [-0.15, -0.1) is 0 Å². The number of carbonyl (C=O) groups is 3. The molecule has 35 heavy (non-hydrogen) atoms. The van der Waals surface area contributed by atoms with Gasteiger partial charge in [-0.3, -0.25) is 19.6 Å². The van der Waals surface area contributed by atoms with Gasteiger partial charge >= 0.3 is 12.1 Å². The summed E-state index contributed by atoms with van der Waals surface area (Å²) in [5.74, 6) is -1.24. The molecule has 1 saturated carbocycles. The number of nitrogens with zero attached hydrogens (tertiary/aromatic N) is 2. The zero-order chi connectivity index (χ0) is 24.6. The van der Waals surface area contributed by atoms with E-state index in [4.69, 9.17) is 4.74 Å². The molecule has 5 rings (SSSR count). The molecule has 2 aliphatic carbocycles. The number of rotatable bonds is 7. The van der Waals surface area contributed by atoms with Crippen molar-refractivity contribution >= 4 is 23.8 Å². The SMILES string of the molecule is Cn1nc(NC(=O)OCC2c3ccccc3-c3ccccc32)cc1C(=O)NCC1(C(=O)O)CCC1. The molecule has 0 spiro atoms. The summed E-state index contributed by atoms with van der Waals surface area (Å²) >= 11 is 0. The summed E-state index contributed by atoms with van der Waals surface area (Å²) in [7, 11) is 1.58. The molecular formula is C26H26N4O5. The number of aromatic nitrogens is 2. The maximum atomic E-state index is 12.6.